The minimum Gasteiger partial charge on any atom is -0.347 e. The molecule has 2 heterocycles. The first-order chi connectivity index (χ1) is 11.7. The van der Waals surface area contributed by atoms with Crippen molar-refractivity contribution in [2.24, 2.45) is 0 Å². The summed E-state index contributed by atoms with van der Waals surface area (Å²) in [5.74, 6) is 0.652. The van der Waals surface area contributed by atoms with Gasteiger partial charge in [0.2, 0.25) is 5.91 Å². The van der Waals surface area contributed by atoms with Crippen LogP contribution in [0.4, 0.5) is 0 Å². The van der Waals surface area contributed by atoms with E-state index in [1.807, 2.05) is 48.0 Å². The highest BCUT2D eigenvalue weighted by Gasteiger charge is 2.15. The molecule has 1 atom stereocenters. The highest BCUT2D eigenvalue weighted by Crippen LogP contribution is 2.15. The van der Waals surface area contributed by atoms with Gasteiger partial charge in [-0.25, -0.2) is 9.67 Å². The number of carbonyl (C=O) groups excluding carboxylic acids is 1. The molecule has 3 aromatic rings. The lowest BCUT2D eigenvalue weighted by molar-refractivity contribution is -0.122. The van der Waals surface area contributed by atoms with Gasteiger partial charge in [0.25, 0.3) is 0 Å². The molecule has 1 aromatic carbocycles. The maximum atomic E-state index is 12.3. The zero-order valence-electron chi connectivity index (χ0n) is 13.4. The van der Waals surface area contributed by atoms with E-state index in [9.17, 15) is 4.79 Å². The van der Waals surface area contributed by atoms with Gasteiger partial charge in [0, 0.05) is 25.4 Å². The van der Waals surface area contributed by atoms with Crippen molar-refractivity contribution in [2.45, 2.75) is 32.5 Å². The fourth-order valence-corrected chi connectivity index (χ4v) is 2.46. The Balaban J connectivity index is 1.64. The molecule has 1 amide bonds. The van der Waals surface area contributed by atoms with Crippen molar-refractivity contribution in [3.8, 4) is 0 Å². The first kappa shape index (κ1) is 15.9. The molecule has 0 fully saturated rings. The lowest BCUT2D eigenvalue weighted by atomic mass is 10.1. The largest absolute Gasteiger partial charge is 0.347 e. The van der Waals surface area contributed by atoms with E-state index in [4.69, 9.17) is 0 Å². The van der Waals surface area contributed by atoms with Crippen molar-refractivity contribution in [2.75, 3.05) is 0 Å². The number of hydrogen-bond acceptors (Lipinski definition) is 5. The molecule has 1 N–H and O–H groups in total. The molecular weight excluding hydrogens is 306 g/mol. The van der Waals surface area contributed by atoms with Crippen molar-refractivity contribution >= 4 is 5.91 Å². The molecule has 3 rings (SSSR count). The van der Waals surface area contributed by atoms with Crippen molar-refractivity contribution in [1.29, 1.82) is 0 Å². The van der Waals surface area contributed by atoms with Crippen LogP contribution in [0.1, 0.15) is 23.9 Å². The van der Waals surface area contributed by atoms with Crippen molar-refractivity contribution in [3.05, 3.63) is 60.4 Å². The molecule has 0 aliphatic carbocycles. The van der Waals surface area contributed by atoms with Gasteiger partial charge in [-0.15, -0.1) is 5.10 Å². The Kier molecular flexibility index (Phi) is 4.95. The Hall–Kier alpha value is -3.03. The van der Waals surface area contributed by atoms with Crippen LogP contribution in [0.25, 0.3) is 0 Å². The van der Waals surface area contributed by atoms with E-state index < -0.39 is 0 Å². The van der Waals surface area contributed by atoms with Crippen molar-refractivity contribution < 1.29 is 4.79 Å². The van der Waals surface area contributed by atoms with Crippen LogP contribution in [0.15, 0.2) is 49.1 Å². The third kappa shape index (κ3) is 4.03. The van der Waals surface area contributed by atoms with E-state index in [1.165, 1.54) is 0 Å². The van der Waals surface area contributed by atoms with E-state index >= 15 is 0 Å². The standard InChI is InChI=1S/C16H19N7O/c1-13-19-20-21-23(13)9-7-16(24)18-15(11-22-10-8-17-12-22)14-5-3-2-4-6-14/h2-6,8,10,12,15H,7,9,11H2,1H3,(H,18,24)/t15-/m1/s1. The van der Waals surface area contributed by atoms with Gasteiger partial charge in [-0.3, -0.25) is 4.79 Å². The van der Waals surface area contributed by atoms with Crippen LogP contribution in [0.5, 0.6) is 0 Å². The van der Waals surface area contributed by atoms with Gasteiger partial charge in [0.05, 0.1) is 18.9 Å². The Morgan fingerprint density at radius 3 is 2.79 bits per heavy atom. The fourth-order valence-electron chi connectivity index (χ4n) is 2.46. The van der Waals surface area contributed by atoms with Crippen LogP contribution >= 0.6 is 0 Å². The van der Waals surface area contributed by atoms with E-state index in [1.54, 1.807) is 17.2 Å². The molecule has 0 unspecified atom stereocenters. The summed E-state index contributed by atoms with van der Waals surface area (Å²) in [5, 5.41) is 14.3. The van der Waals surface area contributed by atoms with Gasteiger partial charge in [0.1, 0.15) is 5.82 Å². The maximum Gasteiger partial charge on any atom is 0.222 e. The zero-order valence-corrected chi connectivity index (χ0v) is 13.4. The second-order valence-corrected chi connectivity index (χ2v) is 5.49. The molecule has 0 aliphatic rings. The molecular formula is C16H19N7O. The van der Waals surface area contributed by atoms with Crippen LogP contribution in [0.3, 0.4) is 0 Å². The molecule has 8 nitrogen and oxygen atoms in total. The molecule has 8 heteroatoms. The Morgan fingerprint density at radius 1 is 1.29 bits per heavy atom. The monoisotopic (exact) mass is 325 g/mol. The van der Waals surface area contributed by atoms with E-state index in [2.05, 4.69) is 25.8 Å². The zero-order chi connectivity index (χ0) is 16.8. The number of hydrogen-bond donors (Lipinski definition) is 1. The molecule has 2 aromatic heterocycles. The van der Waals surface area contributed by atoms with Crippen LogP contribution in [0.2, 0.25) is 0 Å². The summed E-state index contributed by atoms with van der Waals surface area (Å²) in [7, 11) is 0. The third-order valence-corrected chi connectivity index (χ3v) is 3.75. The van der Waals surface area contributed by atoms with Gasteiger partial charge < -0.3 is 9.88 Å². The quantitative estimate of drug-likeness (QED) is 0.703. The number of carbonyl (C=O) groups is 1. The van der Waals surface area contributed by atoms with E-state index in [-0.39, 0.29) is 11.9 Å². The normalized spacial score (nSPS) is 12.0. The van der Waals surface area contributed by atoms with Crippen LogP contribution in [0, 0.1) is 6.92 Å². The molecule has 0 aliphatic heterocycles. The number of rotatable bonds is 7. The van der Waals surface area contributed by atoms with Gasteiger partial charge >= 0.3 is 0 Å². The average Bonchev–Trinajstić information content (AvgIpc) is 3.25. The minimum absolute atomic E-state index is 0.0427. The summed E-state index contributed by atoms with van der Waals surface area (Å²) in [6, 6.07) is 9.78. The Morgan fingerprint density at radius 2 is 2.12 bits per heavy atom. The van der Waals surface area contributed by atoms with E-state index in [0.29, 0.717) is 25.3 Å². The topological polar surface area (TPSA) is 90.5 Å². The average molecular weight is 325 g/mol. The minimum atomic E-state index is -0.122. The van der Waals surface area contributed by atoms with Crippen molar-refractivity contribution in [3.63, 3.8) is 0 Å². The first-order valence-corrected chi connectivity index (χ1v) is 7.75. The number of aromatic nitrogens is 6. The highest BCUT2D eigenvalue weighted by atomic mass is 16.1. The number of amides is 1. The number of imidazole rings is 1. The number of nitrogens with one attached hydrogen (secondary N) is 1. The van der Waals surface area contributed by atoms with Gasteiger partial charge in [-0.2, -0.15) is 0 Å². The number of aryl methyl sites for hydroxylation is 2. The summed E-state index contributed by atoms with van der Waals surface area (Å²) >= 11 is 0. The summed E-state index contributed by atoms with van der Waals surface area (Å²) < 4.78 is 3.57. The Labute approximate surface area is 139 Å². The predicted octanol–water partition coefficient (Wildman–Crippen LogP) is 1.13. The van der Waals surface area contributed by atoms with Crippen LogP contribution in [-0.2, 0) is 17.9 Å². The van der Waals surface area contributed by atoms with Gasteiger partial charge in [-0.1, -0.05) is 30.3 Å². The number of benzene rings is 1. The van der Waals surface area contributed by atoms with E-state index in [0.717, 1.165) is 5.56 Å². The van der Waals surface area contributed by atoms with Gasteiger partial charge in [0.15, 0.2) is 0 Å². The molecule has 0 bridgehead atoms. The molecule has 0 spiro atoms. The molecule has 0 radical (unpaired) electrons. The maximum absolute atomic E-state index is 12.3. The van der Waals surface area contributed by atoms with Crippen molar-refractivity contribution in [1.82, 2.24) is 35.1 Å². The second kappa shape index (κ2) is 7.49. The summed E-state index contributed by atoms with van der Waals surface area (Å²) in [4.78, 5) is 16.4. The first-order valence-electron chi connectivity index (χ1n) is 7.75. The SMILES string of the molecule is Cc1nnnn1CCC(=O)N[C@H](Cn1ccnc1)c1ccccc1. The van der Waals surface area contributed by atoms with Gasteiger partial charge in [-0.05, 0) is 22.9 Å². The molecule has 0 saturated heterocycles. The Bertz CT molecular complexity index is 767. The van der Waals surface area contributed by atoms with Crippen LogP contribution < -0.4 is 5.32 Å². The highest BCUT2D eigenvalue weighted by molar-refractivity contribution is 5.76. The fraction of sp³-hybridized carbons (Fsp3) is 0.312. The predicted molar refractivity (Wildman–Crippen MR) is 86.7 cm³/mol. The third-order valence-electron chi connectivity index (χ3n) is 3.75. The molecule has 24 heavy (non-hydrogen) atoms. The molecule has 124 valence electrons. The summed E-state index contributed by atoms with van der Waals surface area (Å²) in [6.45, 7) is 2.89. The number of nitrogens with zero attached hydrogens (tertiary/aromatic N) is 6. The second-order valence-electron chi connectivity index (χ2n) is 5.49. The van der Waals surface area contributed by atoms with Crippen LogP contribution in [-0.4, -0.2) is 35.7 Å². The summed E-state index contributed by atoms with van der Waals surface area (Å²) in [5.41, 5.74) is 1.05. The lowest BCUT2D eigenvalue weighted by Gasteiger charge is -2.20. The lowest BCUT2D eigenvalue weighted by Crippen LogP contribution is -2.32. The molecule has 0 saturated carbocycles. The summed E-state index contributed by atoms with van der Waals surface area (Å²) in [6.07, 6.45) is 5.67. The number of tetrazole rings is 1. The smallest absolute Gasteiger partial charge is 0.222 e.